The molecular weight excluding hydrogens is 456 g/mol. The number of rotatable bonds is 10. The van der Waals surface area contributed by atoms with Crippen molar-refractivity contribution in [2.75, 3.05) is 24.8 Å². The first-order valence-corrected chi connectivity index (χ1v) is 12.6. The number of benzene rings is 1. The Labute approximate surface area is 190 Å². The fraction of sp³-hybridized carbons (Fsp3) is 0.500. The quantitative estimate of drug-likeness (QED) is 0.297. The Bertz CT molecular complexity index is 1050. The van der Waals surface area contributed by atoms with Crippen LogP contribution < -0.4 is 5.32 Å². The van der Waals surface area contributed by atoms with E-state index in [0.29, 0.717) is 48.8 Å². The van der Waals surface area contributed by atoms with Gasteiger partial charge in [0.05, 0.1) is 16.8 Å². The van der Waals surface area contributed by atoms with Crippen LogP contribution in [0, 0.1) is 6.92 Å². The molecule has 0 spiro atoms. The number of hydrogen-bond acceptors (Lipinski definition) is 10. The Morgan fingerprint density at radius 2 is 2.06 bits per heavy atom. The monoisotopic (exact) mass is 482 g/mol. The number of carbonyl (C=O) groups excluding carboxylic acids is 1. The molecule has 2 aromatic rings. The van der Waals surface area contributed by atoms with Crippen molar-refractivity contribution in [2.24, 2.45) is 5.16 Å². The Kier molecular flexibility index (Phi) is 8.29. The van der Waals surface area contributed by atoms with Crippen molar-refractivity contribution in [2.45, 2.75) is 49.7 Å². The van der Waals surface area contributed by atoms with Gasteiger partial charge in [0, 0.05) is 37.2 Å². The van der Waals surface area contributed by atoms with Crippen LogP contribution in [0.1, 0.15) is 37.1 Å². The summed E-state index contributed by atoms with van der Waals surface area (Å²) in [6, 6.07) is 5.91. The van der Waals surface area contributed by atoms with Gasteiger partial charge in [-0.2, -0.15) is 4.37 Å². The van der Waals surface area contributed by atoms with Crippen molar-refractivity contribution >= 4 is 38.1 Å². The number of aliphatic hydroxyl groups is 1. The fourth-order valence-corrected chi connectivity index (χ4v) is 5.06. The molecule has 0 bridgehead atoms. The lowest BCUT2D eigenvalue weighted by Crippen LogP contribution is -2.25. The Balaban J connectivity index is 1.81. The number of amides is 1. The van der Waals surface area contributed by atoms with Crippen LogP contribution in [-0.2, 0) is 24.2 Å². The first-order chi connectivity index (χ1) is 15.3. The first-order valence-electron chi connectivity index (χ1n) is 10.1. The summed E-state index contributed by atoms with van der Waals surface area (Å²) in [7, 11) is -1.95. The van der Waals surface area contributed by atoms with E-state index in [4.69, 9.17) is 9.57 Å². The van der Waals surface area contributed by atoms with E-state index in [2.05, 4.69) is 19.8 Å². The van der Waals surface area contributed by atoms with Crippen LogP contribution >= 0.6 is 11.5 Å². The second-order valence-corrected chi connectivity index (χ2v) is 10.3. The lowest BCUT2D eigenvalue weighted by atomic mass is 10.1. The number of carbonyl (C=O) groups is 1. The number of hydrogen-bond donors (Lipinski definition) is 2. The van der Waals surface area contributed by atoms with Crippen LogP contribution in [-0.4, -0.2) is 66.2 Å². The van der Waals surface area contributed by atoms with Crippen LogP contribution in [0.2, 0.25) is 0 Å². The molecular formula is C20H26N4O6S2. The third-order valence-electron chi connectivity index (χ3n) is 4.86. The van der Waals surface area contributed by atoms with E-state index in [1.54, 1.807) is 6.92 Å². The number of aliphatic hydroxyl groups excluding tert-OH is 1. The Morgan fingerprint density at radius 3 is 2.66 bits per heavy atom. The van der Waals surface area contributed by atoms with Gasteiger partial charge >= 0.3 is 0 Å². The van der Waals surface area contributed by atoms with Gasteiger partial charge in [-0.25, -0.2) is 13.4 Å². The molecule has 12 heteroatoms. The predicted octanol–water partition coefficient (Wildman–Crippen LogP) is 1.93. The second-order valence-electron chi connectivity index (χ2n) is 7.42. The molecule has 1 aliphatic carbocycles. The fourth-order valence-electron chi connectivity index (χ4n) is 3.20. The number of sulfone groups is 1. The first kappa shape index (κ1) is 24.2. The van der Waals surface area contributed by atoms with Gasteiger partial charge in [-0.3, -0.25) is 10.1 Å². The van der Waals surface area contributed by atoms with Crippen molar-refractivity contribution in [3.63, 3.8) is 0 Å². The van der Waals surface area contributed by atoms with Gasteiger partial charge in [-0.1, -0.05) is 17.3 Å². The van der Waals surface area contributed by atoms with E-state index in [1.807, 2.05) is 0 Å². The average molecular weight is 483 g/mol. The molecule has 10 nitrogen and oxygen atoms in total. The summed E-state index contributed by atoms with van der Waals surface area (Å²) in [6.45, 7) is 2.06. The molecule has 174 valence electrons. The normalized spacial score (nSPS) is 19.2. The number of anilines is 1. The van der Waals surface area contributed by atoms with Crippen LogP contribution in [0.5, 0.6) is 0 Å². The zero-order valence-electron chi connectivity index (χ0n) is 17.9. The van der Waals surface area contributed by atoms with E-state index in [1.165, 1.54) is 31.4 Å². The Hall–Kier alpha value is -2.41. The molecule has 0 aliphatic heterocycles. The summed E-state index contributed by atoms with van der Waals surface area (Å²) in [5.74, 6) is -0.0658. The summed E-state index contributed by atoms with van der Waals surface area (Å²) < 4.78 is 33.9. The molecule has 1 amide bonds. The molecule has 1 heterocycles. The van der Waals surface area contributed by atoms with Gasteiger partial charge in [-0.15, -0.1) is 0 Å². The van der Waals surface area contributed by atoms with E-state index in [-0.39, 0.29) is 22.5 Å². The summed E-state index contributed by atoms with van der Waals surface area (Å²) >= 11 is 1.04. The number of ether oxygens (including phenoxy) is 1. The molecule has 1 saturated carbocycles. The summed E-state index contributed by atoms with van der Waals surface area (Å²) in [6.07, 6.45) is 1.33. The van der Waals surface area contributed by atoms with Crippen LogP contribution in [0.4, 0.5) is 5.13 Å². The van der Waals surface area contributed by atoms with Gasteiger partial charge in [0.1, 0.15) is 11.9 Å². The summed E-state index contributed by atoms with van der Waals surface area (Å²) in [5.41, 5.74) is 0.362. The van der Waals surface area contributed by atoms with Gasteiger partial charge in [0.2, 0.25) is 5.13 Å². The van der Waals surface area contributed by atoms with E-state index in [9.17, 15) is 18.3 Å². The van der Waals surface area contributed by atoms with E-state index < -0.39 is 21.8 Å². The van der Waals surface area contributed by atoms with Gasteiger partial charge < -0.3 is 14.7 Å². The van der Waals surface area contributed by atoms with Crippen LogP contribution in [0.15, 0.2) is 34.3 Å². The smallest absolute Gasteiger partial charge is 0.280 e. The molecule has 0 unspecified atom stereocenters. The standard InChI is InChI=1S/C20H26N4O6S2/c1-13-21-20(31-24-13)22-19(26)18(23-30-16-7-6-15(25)12-16)14-4-8-17(9-5-14)32(27,28)11-3-10-29-2/h4-5,8-9,15-16,25H,3,6-7,10-12H2,1-2H3,(H,21,22,24,26)/t15-,16-/m1/s1. The molecule has 1 aliphatic rings. The average Bonchev–Trinajstić information content (AvgIpc) is 3.36. The number of nitrogens with one attached hydrogen (secondary N) is 1. The lowest BCUT2D eigenvalue weighted by molar-refractivity contribution is -0.110. The minimum Gasteiger partial charge on any atom is -0.393 e. The zero-order chi connectivity index (χ0) is 23.1. The summed E-state index contributed by atoms with van der Waals surface area (Å²) in [4.78, 5) is 22.7. The molecule has 1 aromatic carbocycles. The second kappa shape index (κ2) is 10.9. The van der Waals surface area contributed by atoms with Crippen molar-refractivity contribution in [3.05, 3.63) is 35.7 Å². The third kappa shape index (κ3) is 6.55. The zero-order valence-corrected chi connectivity index (χ0v) is 19.5. The Morgan fingerprint density at radius 1 is 1.31 bits per heavy atom. The molecule has 2 atom stereocenters. The predicted molar refractivity (Wildman–Crippen MR) is 120 cm³/mol. The molecule has 0 radical (unpaired) electrons. The molecule has 32 heavy (non-hydrogen) atoms. The maximum atomic E-state index is 12.9. The van der Waals surface area contributed by atoms with Crippen LogP contribution in [0.25, 0.3) is 0 Å². The maximum Gasteiger partial charge on any atom is 0.280 e. The number of aryl methyl sites for hydroxylation is 1. The van der Waals surface area contributed by atoms with Crippen molar-refractivity contribution in [3.8, 4) is 0 Å². The highest BCUT2D eigenvalue weighted by Crippen LogP contribution is 2.23. The molecule has 3 rings (SSSR count). The highest BCUT2D eigenvalue weighted by molar-refractivity contribution is 7.91. The van der Waals surface area contributed by atoms with Crippen molar-refractivity contribution < 1.29 is 27.9 Å². The molecule has 2 N–H and O–H groups in total. The third-order valence-corrected chi connectivity index (χ3v) is 7.40. The number of oxime groups is 1. The topological polar surface area (TPSA) is 140 Å². The van der Waals surface area contributed by atoms with E-state index >= 15 is 0 Å². The number of methoxy groups -OCH3 is 1. The van der Waals surface area contributed by atoms with Crippen LogP contribution in [0.3, 0.4) is 0 Å². The number of aromatic nitrogens is 2. The SMILES string of the molecule is COCCCS(=O)(=O)c1ccc(C(=NO[C@@H]2CC[C@@H](O)C2)C(=O)Nc2nc(C)ns2)cc1. The molecule has 0 saturated heterocycles. The maximum absolute atomic E-state index is 12.9. The van der Waals surface area contributed by atoms with Gasteiger partial charge in [0.25, 0.3) is 5.91 Å². The highest BCUT2D eigenvalue weighted by atomic mass is 32.2. The molecule has 1 fully saturated rings. The van der Waals surface area contributed by atoms with Crippen molar-refractivity contribution in [1.82, 2.24) is 9.36 Å². The lowest BCUT2D eigenvalue weighted by Gasteiger charge is -2.11. The summed E-state index contributed by atoms with van der Waals surface area (Å²) in [5, 5.41) is 16.7. The number of nitrogens with zero attached hydrogens (tertiary/aromatic N) is 3. The van der Waals surface area contributed by atoms with Gasteiger partial charge in [-0.05, 0) is 38.3 Å². The highest BCUT2D eigenvalue weighted by Gasteiger charge is 2.26. The molecule has 1 aromatic heterocycles. The minimum absolute atomic E-state index is 0.0254. The van der Waals surface area contributed by atoms with Crippen molar-refractivity contribution in [1.29, 1.82) is 0 Å². The minimum atomic E-state index is -3.47. The largest absolute Gasteiger partial charge is 0.393 e. The van der Waals surface area contributed by atoms with Gasteiger partial charge in [0.15, 0.2) is 15.5 Å². The van der Waals surface area contributed by atoms with E-state index in [0.717, 1.165) is 11.5 Å².